The summed E-state index contributed by atoms with van der Waals surface area (Å²) >= 11 is 1.30. The average Bonchev–Trinajstić information content (AvgIpc) is 3.06. The van der Waals surface area contributed by atoms with Crippen LogP contribution in [0.1, 0.15) is 27.9 Å². The fraction of sp³-hybridized carbons (Fsp3) is 0.273. The van der Waals surface area contributed by atoms with Crippen molar-refractivity contribution in [3.8, 4) is 0 Å². The third-order valence-corrected chi connectivity index (χ3v) is 5.58. The molecule has 0 saturated heterocycles. The van der Waals surface area contributed by atoms with Crippen LogP contribution in [0.5, 0.6) is 0 Å². The molecule has 0 radical (unpaired) electrons. The summed E-state index contributed by atoms with van der Waals surface area (Å²) in [7, 11) is 0. The summed E-state index contributed by atoms with van der Waals surface area (Å²) in [5.41, 5.74) is 5.58. The number of aryl methyl sites for hydroxylation is 3. The first-order valence-corrected chi connectivity index (χ1v) is 10.3. The molecule has 152 valence electrons. The molecule has 0 unspecified atom stereocenters. The van der Waals surface area contributed by atoms with Gasteiger partial charge in [0.2, 0.25) is 5.91 Å². The summed E-state index contributed by atoms with van der Waals surface area (Å²) in [6.07, 6.45) is 1.60. The Morgan fingerprint density at radius 2 is 1.83 bits per heavy atom. The van der Waals surface area contributed by atoms with Crippen molar-refractivity contribution in [2.24, 2.45) is 0 Å². The van der Waals surface area contributed by atoms with Crippen LogP contribution < -0.4 is 5.32 Å². The number of carbonyl (C=O) groups is 1. The second kappa shape index (κ2) is 9.24. The van der Waals surface area contributed by atoms with E-state index >= 15 is 0 Å². The van der Waals surface area contributed by atoms with Gasteiger partial charge in [-0.2, -0.15) is 0 Å². The number of halogens is 1. The molecule has 7 heteroatoms. The Kier molecular flexibility index (Phi) is 6.71. The van der Waals surface area contributed by atoms with Crippen molar-refractivity contribution in [3.63, 3.8) is 0 Å². The van der Waals surface area contributed by atoms with Gasteiger partial charge >= 0.3 is 0 Å². The molecule has 2 aromatic carbocycles. The fourth-order valence-corrected chi connectivity index (χ4v) is 4.05. The number of amides is 1. The summed E-state index contributed by atoms with van der Waals surface area (Å²) < 4.78 is 15.0. The molecule has 1 aromatic heterocycles. The van der Waals surface area contributed by atoms with E-state index in [9.17, 15) is 14.3 Å². The number of rotatable bonds is 7. The number of aliphatic hydroxyl groups excluding tert-OH is 1. The number of nitrogens with one attached hydrogen (secondary N) is 1. The van der Waals surface area contributed by atoms with Crippen LogP contribution in [0.3, 0.4) is 0 Å². The molecule has 0 atom stereocenters. The van der Waals surface area contributed by atoms with Crippen molar-refractivity contribution in [2.45, 2.75) is 39.1 Å². The fourth-order valence-electron chi connectivity index (χ4n) is 3.26. The van der Waals surface area contributed by atoms with Gasteiger partial charge in [-0.15, -0.1) is 0 Å². The lowest BCUT2D eigenvalue weighted by Gasteiger charge is -2.13. The Balaban J connectivity index is 1.70. The van der Waals surface area contributed by atoms with Crippen molar-refractivity contribution < 1.29 is 14.3 Å². The van der Waals surface area contributed by atoms with Gasteiger partial charge in [0, 0.05) is 12.2 Å². The molecule has 2 N–H and O–H groups in total. The summed E-state index contributed by atoms with van der Waals surface area (Å²) in [4.78, 5) is 16.8. The molecule has 5 nitrogen and oxygen atoms in total. The van der Waals surface area contributed by atoms with Crippen LogP contribution in [0.4, 0.5) is 10.1 Å². The van der Waals surface area contributed by atoms with Crippen LogP contribution in [-0.2, 0) is 17.9 Å². The van der Waals surface area contributed by atoms with Gasteiger partial charge in [0.15, 0.2) is 5.16 Å². The summed E-state index contributed by atoms with van der Waals surface area (Å²) in [5.74, 6) is -0.223. The summed E-state index contributed by atoms with van der Waals surface area (Å²) in [5, 5.41) is 13.2. The number of nitrogens with zero attached hydrogens (tertiary/aromatic N) is 2. The number of anilines is 1. The Morgan fingerprint density at radius 3 is 2.45 bits per heavy atom. The molecule has 0 bridgehead atoms. The van der Waals surface area contributed by atoms with Gasteiger partial charge < -0.3 is 15.0 Å². The van der Waals surface area contributed by atoms with Gasteiger partial charge in [0.05, 0.1) is 24.3 Å². The molecule has 0 spiro atoms. The average molecular weight is 414 g/mol. The Bertz CT molecular complexity index is 992. The molecule has 0 fully saturated rings. The summed E-state index contributed by atoms with van der Waals surface area (Å²) in [6, 6.07) is 10.3. The second-order valence-corrected chi connectivity index (χ2v) is 7.96. The normalized spacial score (nSPS) is 10.9. The van der Waals surface area contributed by atoms with Crippen LogP contribution in [0.15, 0.2) is 47.8 Å². The van der Waals surface area contributed by atoms with Crippen molar-refractivity contribution in [2.75, 3.05) is 11.1 Å². The van der Waals surface area contributed by atoms with Crippen molar-refractivity contribution in [3.05, 3.63) is 76.4 Å². The van der Waals surface area contributed by atoms with Crippen LogP contribution in [0.2, 0.25) is 0 Å². The van der Waals surface area contributed by atoms with E-state index in [1.54, 1.807) is 18.3 Å². The maximum atomic E-state index is 13.1. The topological polar surface area (TPSA) is 67.2 Å². The van der Waals surface area contributed by atoms with E-state index in [0.29, 0.717) is 17.4 Å². The third-order valence-electron chi connectivity index (χ3n) is 4.59. The highest BCUT2D eigenvalue weighted by molar-refractivity contribution is 7.99. The number of carbonyl (C=O) groups excluding carboxylic acids is 1. The molecule has 0 aliphatic carbocycles. The Labute approximate surface area is 174 Å². The predicted octanol–water partition coefficient (Wildman–Crippen LogP) is 4.22. The van der Waals surface area contributed by atoms with Gasteiger partial charge in [-0.3, -0.25) is 4.79 Å². The van der Waals surface area contributed by atoms with E-state index < -0.39 is 0 Å². The first-order valence-electron chi connectivity index (χ1n) is 9.27. The molecule has 1 amide bonds. The van der Waals surface area contributed by atoms with Crippen LogP contribution in [-0.4, -0.2) is 26.3 Å². The zero-order chi connectivity index (χ0) is 21.0. The van der Waals surface area contributed by atoms with E-state index in [1.165, 1.54) is 23.9 Å². The number of imidazole rings is 1. The molecule has 3 aromatic rings. The highest BCUT2D eigenvalue weighted by Gasteiger charge is 2.14. The van der Waals surface area contributed by atoms with Gasteiger partial charge in [0.1, 0.15) is 5.82 Å². The van der Waals surface area contributed by atoms with Crippen molar-refractivity contribution in [1.29, 1.82) is 0 Å². The monoisotopic (exact) mass is 413 g/mol. The van der Waals surface area contributed by atoms with E-state index in [1.807, 2.05) is 37.5 Å². The smallest absolute Gasteiger partial charge is 0.234 e. The third kappa shape index (κ3) is 5.25. The number of benzene rings is 2. The highest BCUT2D eigenvalue weighted by atomic mass is 32.2. The van der Waals surface area contributed by atoms with E-state index in [4.69, 9.17) is 0 Å². The first kappa shape index (κ1) is 21.1. The lowest BCUT2D eigenvalue weighted by atomic mass is 10.1. The molecule has 0 aliphatic heterocycles. The molecule has 3 rings (SSSR count). The van der Waals surface area contributed by atoms with E-state index in [-0.39, 0.29) is 24.1 Å². The number of aromatic nitrogens is 2. The molecule has 1 heterocycles. The lowest BCUT2D eigenvalue weighted by molar-refractivity contribution is -0.113. The number of thioether (sulfide) groups is 1. The highest BCUT2D eigenvalue weighted by Crippen LogP contribution is 2.24. The largest absolute Gasteiger partial charge is 0.390 e. The SMILES string of the molecule is Cc1cc(C)c(NC(=O)CSc2ncc(CO)n2Cc2ccc(F)cc2)c(C)c1. The first-order chi connectivity index (χ1) is 13.9. The maximum Gasteiger partial charge on any atom is 0.234 e. The number of hydrogen-bond acceptors (Lipinski definition) is 4. The quantitative estimate of drug-likeness (QED) is 0.569. The molecular weight excluding hydrogens is 389 g/mol. The minimum absolute atomic E-state index is 0.119. The van der Waals surface area contributed by atoms with E-state index in [2.05, 4.69) is 10.3 Å². The van der Waals surface area contributed by atoms with Crippen LogP contribution >= 0.6 is 11.8 Å². The van der Waals surface area contributed by atoms with Crippen LogP contribution in [0.25, 0.3) is 0 Å². The molecule has 0 saturated carbocycles. The van der Waals surface area contributed by atoms with Gasteiger partial charge in [-0.25, -0.2) is 9.37 Å². The zero-order valence-electron chi connectivity index (χ0n) is 16.7. The Hall–Kier alpha value is -2.64. The standard InChI is InChI=1S/C22H24FN3O2S/c1-14-8-15(2)21(16(3)9-14)25-20(28)13-29-22-24-10-19(12-27)26(22)11-17-4-6-18(23)7-5-17/h4-10,27H,11-13H2,1-3H3,(H,25,28). The van der Waals surface area contributed by atoms with E-state index in [0.717, 1.165) is 27.9 Å². The number of aliphatic hydroxyl groups is 1. The molecule has 0 aliphatic rings. The van der Waals surface area contributed by atoms with Crippen LogP contribution in [0, 0.1) is 26.6 Å². The summed E-state index contributed by atoms with van der Waals surface area (Å²) in [6.45, 7) is 6.26. The predicted molar refractivity (Wildman–Crippen MR) is 114 cm³/mol. The maximum absolute atomic E-state index is 13.1. The zero-order valence-corrected chi connectivity index (χ0v) is 17.5. The minimum atomic E-state index is -0.297. The van der Waals surface area contributed by atoms with Gasteiger partial charge in [0.25, 0.3) is 0 Å². The lowest BCUT2D eigenvalue weighted by Crippen LogP contribution is -2.16. The minimum Gasteiger partial charge on any atom is -0.390 e. The van der Waals surface area contributed by atoms with Crippen molar-refractivity contribution in [1.82, 2.24) is 9.55 Å². The number of hydrogen-bond donors (Lipinski definition) is 2. The van der Waals surface area contributed by atoms with Gasteiger partial charge in [-0.1, -0.05) is 41.6 Å². The second-order valence-electron chi connectivity index (χ2n) is 7.01. The Morgan fingerprint density at radius 1 is 1.17 bits per heavy atom. The molecular formula is C22H24FN3O2S. The molecule has 29 heavy (non-hydrogen) atoms. The van der Waals surface area contributed by atoms with Crippen molar-refractivity contribution >= 4 is 23.4 Å². The van der Waals surface area contributed by atoms with Gasteiger partial charge in [-0.05, 0) is 49.6 Å².